The highest BCUT2D eigenvalue weighted by atomic mass is 32.1. The van der Waals surface area contributed by atoms with Crippen molar-refractivity contribution in [2.75, 3.05) is 23.3 Å². The molecule has 0 bridgehead atoms. The Morgan fingerprint density at radius 1 is 1.14 bits per heavy atom. The molecule has 0 atom stereocenters. The summed E-state index contributed by atoms with van der Waals surface area (Å²) in [5, 5.41) is 4.59. The lowest BCUT2D eigenvalue weighted by molar-refractivity contribution is -0.138. The van der Waals surface area contributed by atoms with Gasteiger partial charge in [-0.1, -0.05) is 18.2 Å². The molecule has 1 aromatic heterocycles. The maximum atomic E-state index is 14.5. The van der Waals surface area contributed by atoms with Gasteiger partial charge in [0.15, 0.2) is 0 Å². The first kappa shape index (κ1) is 26.1. The van der Waals surface area contributed by atoms with Crippen LogP contribution in [-0.2, 0) is 6.18 Å². The van der Waals surface area contributed by atoms with Gasteiger partial charge >= 0.3 is 6.18 Å². The van der Waals surface area contributed by atoms with Gasteiger partial charge in [0.25, 0.3) is 5.91 Å². The zero-order chi connectivity index (χ0) is 26.6. The summed E-state index contributed by atoms with van der Waals surface area (Å²) >= 11 is 1.17. The zero-order valence-electron chi connectivity index (χ0n) is 20.0. The van der Waals surface area contributed by atoms with Gasteiger partial charge in [-0.15, -0.1) is 11.3 Å². The number of allylic oxidation sites excluding steroid dienone is 2. The van der Waals surface area contributed by atoms with Gasteiger partial charge < -0.3 is 26.4 Å². The maximum absolute atomic E-state index is 14.5. The summed E-state index contributed by atoms with van der Waals surface area (Å²) in [5.41, 5.74) is 11.3. The van der Waals surface area contributed by atoms with Crippen LogP contribution in [0.25, 0.3) is 5.57 Å². The molecule has 4 rings (SSSR count). The summed E-state index contributed by atoms with van der Waals surface area (Å²) < 4.78 is 49.4. The molecule has 1 amide bonds. The lowest BCUT2D eigenvalue weighted by Gasteiger charge is -2.27. The number of nitrogens with zero attached hydrogens (tertiary/aromatic N) is 2. The van der Waals surface area contributed by atoms with Gasteiger partial charge in [-0.05, 0) is 55.8 Å². The third-order valence-electron chi connectivity index (χ3n) is 5.85. The first-order valence-electron chi connectivity index (χ1n) is 11.5. The number of para-hydroxylation sites is 1. The van der Waals surface area contributed by atoms with Crippen molar-refractivity contribution in [3.05, 3.63) is 82.1 Å². The first-order chi connectivity index (χ1) is 17.7. The van der Waals surface area contributed by atoms with Crippen LogP contribution in [0.5, 0.6) is 11.5 Å². The molecular weight excluding hydrogens is 503 g/mol. The van der Waals surface area contributed by atoms with Gasteiger partial charge in [-0.2, -0.15) is 13.2 Å². The highest BCUT2D eigenvalue weighted by Gasteiger charge is 2.41. The number of anilines is 2. The molecule has 0 unspecified atom stereocenters. The second-order valence-electron chi connectivity index (χ2n) is 8.37. The molecule has 1 aliphatic rings. The van der Waals surface area contributed by atoms with Crippen LogP contribution in [0.4, 0.5) is 24.5 Å². The number of rotatable bonds is 7. The van der Waals surface area contributed by atoms with Crippen LogP contribution in [0.2, 0.25) is 0 Å². The summed E-state index contributed by atoms with van der Waals surface area (Å²) in [7, 11) is 0. The van der Waals surface area contributed by atoms with E-state index in [0.717, 1.165) is 12.8 Å². The summed E-state index contributed by atoms with van der Waals surface area (Å²) in [6.07, 6.45) is 0.881. The number of benzene rings is 2. The molecule has 194 valence electrons. The van der Waals surface area contributed by atoms with Crippen molar-refractivity contribution >= 4 is 34.2 Å². The van der Waals surface area contributed by atoms with Crippen LogP contribution in [0.15, 0.2) is 60.3 Å². The SMILES string of the molecule is Cc1ccccc1Oc1ccc(NC(=O)c2csc(C(/C=C\N)=C/N)n2)c(N2CCCC2)c1C(F)(F)F. The predicted molar refractivity (Wildman–Crippen MR) is 140 cm³/mol. The number of ether oxygens (including phenoxy) is 1. The standard InChI is InChI=1S/C26H26F3N5O2S/c1-16-6-2-3-7-20(16)36-21-9-8-18(23(22(21)26(27,28)29)34-12-4-5-13-34)32-24(35)19-15-37-25(33-19)17(14-31)10-11-30/h2-3,6-11,14-15H,4-5,12-13,30-31H2,1H3,(H,32,35)/b11-10-,17-14+. The van der Waals surface area contributed by atoms with Crippen molar-refractivity contribution in [3.8, 4) is 11.5 Å². The van der Waals surface area contributed by atoms with Gasteiger partial charge in [0.2, 0.25) is 0 Å². The summed E-state index contributed by atoms with van der Waals surface area (Å²) in [4.78, 5) is 19.0. The molecule has 37 heavy (non-hydrogen) atoms. The fraction of sp³-hybridized carbons (Fsp3) is 0.231. The van der Waals surface area contributed by atoms with E-state index in [9.17, 15) is 18.0 Å². The summed E-state index contributed by atoms with van der Waals surface area (Å²) in [6.45, 7) is 2.61. The van der Waals surface area contributed by atoms with Crippen LogP contribution in [-0.4, -0.2) is 24.0 Å². The van der Waals surface area contributed by atoms with E-state index in [1.54, 1.807) is 36.1 Å². The van der Waals surface area contributed by atoms with E-state index in [-0.39, 0.29) is 22.8 Å². The molecule has 1 fully saturated rings. The molecule has 7 nitrogen and oxygen atoms in total. The smallest absolute Gasteiger partial charge is 0.422 e. The molecule has 11 heteroatoms. The fourth-order valence-electron chi connectivity index (χ4n) is 4.09. The number of aromatic nitrogens is 1. The molecule has 3 aromatic rings. The predicted octanol–water partition coefficient (Wildman–Crippen LogP) is 5.89. The van der Waals surface area contributed by atoms with E-state index in [0.29, 0.717) is 35.0 Å². The maximum Gasteiger partial charge on any atom is 0.422 e. The number of amides is 1. The second-order valence-corrected chi connectivity index (χ2v) is 9.23. The fourth-order valence-corrected chi connectivity index (χ4v) is 4.90. The van der Waals surface area contributed by atoms with Crippen molar-refractivity contribution in [2.24, 2.45) is 11.5 Å². The van der Waals surface area contributed by atoms with E-state index in [4.69, 9.17) is 16.2 Å². The normalized spacial score (nSPS) is 14.4. The number of hydrogen-bond acceptors (Lipinski definition) is 7. The number of nitrogens with one attached hydrogen (secondary N) is 1. The molecule has 0 spiro atoms. The molecule has 2 heterocycles. The Balaban J connectivity index is 1.75. The van der Waals surface area contributed by atoms with Gasteiger partial charge in [-0.25, -0.2) is 4.98 Å². The van der Waals surface area contributed by atoms with Gasteiger partial charge in [0, 0.05) is 30.2 Å². The van der Waals surface area contributed by atoms with Gasteiger partial charge in [-0.3, -0.25) is 4.79 Å². The Labute approximate surface area is 216 Å². The Morgan fingerprint density at radius 3 is 2.51 bits per heavy atom. The Morgan fingerprint density at radius 2 is 1.86 bits per heavy atom. The number of carbonyl (C=O) groups excluding carboxylic acids is 1. The summed E-state index contributed by atoms with van der Waals surface area (Å²) in [6, 6.07) is 9.52. The van der Waals surface area contributed by atoms with Crippen molar-refractivity contribution in [3.63, 3.8) is 0 Å². The third-order valence-corrected chi connectivity index (χ3v) is 6.74. The van der Waals surface area contributed by atoms with Gasteiger partial charge in [0.1, 0.15) is 27.8 Å². The molecule has 5 N–H and O–H groups in total. The number of carbonyl (C=O) groups is 1. The summed E-state index contributed by atoms with van der Waals surface area (Å²) in [5.74, 6) is -0.650. The lowest BCUT2D eigenvalue weighted by Crippen LogP contribution is -2.25. The minimum atomic E-state index is -4.74. The highest BCUT2D eigenvalue weighted by molar-refractivity contribution is 7.11. The second kappa shape index (κ2) is 11.0. The number of halogens is 3. The lowest BCUT2D eigenvalue weighted by atomic mass is 10.1. The zero-order valence-corrected chi connectivity index (χ0v) is 20.8. The molecule has 0 radical (unpaired) electrons. The number of hydrogen-bond donors (Lipinski definition) is 3. The largest absolute Gasteiger partial charge is 0.456 e. The van der Waals surface area contributed by atoms with Crippen molar-refractivity contribution in [1.82, 2.24) is 4.98 Å². The topological polar surface area (TPSA) is 106 Å². The Kier molecular flexibility index (Phi) is 7.72. The monoisotopic (exact) mass is 529 g/mol. The number of alkyl halides is 3. The van der Waals surface area contributed by atoms with Crippen molar-refractivity contribution in [2.45, 2.75) is 25.9 Å². The van der Waals surface area contributed by atoms with E-state index < -0.39 is 17.6 Å². The van der Waals surface area contributed by atoms with E-state index in [1.807, 2.05) is 0 Å². The minimum Gasteiger partial charge on any atom is -0.456 e. The molecule has 0 saturated carbocycles. The molecule has 0 aliphatic carbocycles. The van der Waals surface area contributed by atoms with Crippen LogP contribution in [0, 0.1) is 6.92 Å². The molecular formula is C26H26F3N5O2S. The number of thiazole rings is 1. The van der Waals surface area contributed by atoms with Crippen LogP contribution < -0.4 is 26.4 Å². The third kappa shape index (κ3) is 5.72. The minimum absolute atomic E-state index is 0.0300. The number of nitrogens with two attached hydrogens (primary N) is 2. The number of aryl methyl sites for hydroxylation is 1. The highest BCUT2D eigenvalue weighted by Crippen LogP contribution is 2.48. The molecule has 1 aliphatic heterocycles. The average Bonchev–Trinajstić information content (AvgIpc) is 3.56. The van der Waals surface area contributed by atoms with Gasteiger partial charge in [0.05, 0.1) is 11.4 Å². The van der Waals surface area contributed by atoms with E-state index in [1.165, 1.54) is 47.3 Å². The van der Waals surface area contributed by atoms with Crippen LogP contribution >= 0.6 is 11.3 Å². The van der Waals surface area contributed by atoms with Crippen LogP contribution in [0.3, 0.4) is 0 Å². The molecule has 1 saturated heterocycles. The van der Waals surface area contributed by atoms with Crippen LogP contribution in [0.1, 0.15) is 39.5 Å². The van der Waals surface area contributed by atoms with Crippen molar-refractivity contribution in [1.29, 1.82) is 0 Å². The van der Waals surface area contributed by atoms with E-state index >= 15 is 0 Å². The Hall–Kier alpha value is -3.99. The quantitative estimate of drug-likeness (QED) is 0.330. The van der Waals surface area contributed by atoms with E-state index in [2.05, 4.69) is 10.3 Å². The molecule has 2 aromatic carbocycles. The van der Waals surface area contributed by atoms with Crippen molar-refractivity contribution < 1.29 is 22.7 Å². The average molecular weight is 530 g/mol. The Bertz CT molecular complexity index is 1340. The first-order valence-corrected chi connectivity index (χ1v) is 12.4.